The summed E-state index contributed by atoms with van der Waals surface area (Å²) in [5.41, 5.74) is 1.75. The second-order valence-corrected chi connectivity index (χ2v) is 9.20. The molecule has 1 aliphatic carbocycles. The quantitative estimate of drug-likeness (QED) is 0.854. The minimum Gasteiger partial charge on any atom is -0.314 e. The van der Waals surface area contributed by atoms with E-state index in [9.17, 15) is 0 Å². The highest BCUT2D eigenvalue weighted by molar-refractivity contribution is 5.15. The Balaban J connectivity index is 1.28. The average Bonchev–Trinajstić information content (AvgIpc) is 3.39. The Labute approximate surface area is 153 Å². The lowest BCUT2D eigenvalue weighted by atomic mass is 9.97. The maximum atomic E-state index is 3.82. The zero-order chi connectivity index (χ0) is 17.3. The highest BCUT2D eigenvalue weighted by Gasteiger charge is 2.41. The Bertz CT molecular complexity index is 544. The predicted molar refractivity (Wildman–Crippen MR) is 105 cm³/mol. The van der Waals surface area contributed by atoms with Crippen LogP contribution in [-0.2, 0) is 6.54 Å². The molecule has 3 heteroatoms. The molecule has 25 heavy (non-hydrogen) atoms. The first-order valence-corrected chi connectivity index (χ1v) is 10.4. The van der Waals surface area contributed by atoms with E-state index in [-0.39, 0.29) is 0 Å². The van der Waals surface area contributed by atoms with Crippen LogP contribution in [0.25, 0.3) is 0 Å². The van der Waals surface area contributed by atoms with Crippen molar-refractivity contribution >= 4 is 0 Å². The van der Waals surface area contributed by atoms with E-state index < -0.39 is 0 Å². The third-order valence-corrected chi connectivity index (χ3v) is 6.68. The second kappa shape index (κ2) is 7.38. The molecule has 0 aromatic heterocycles. The molecule has 1 aromatic rings. The van der Waals surface area contributed by atoms with Gasteiger partial charge in [-0.2, -0.15) is 0 Å². The number of nitrogens with one attached hydrogen (secondary N) is 1. The van der Waals surface area contributed by atoms with Crippen molar-refractivity contribution in [2.75, 3.05) is 26.2 Å². The molecule has 1 aromatic carbocycles. The molecule has 0 radical (unpaired) electrons. The summed E-state index contributed by atoms with van der Waals surface area (Å²) in [6.45, 7) is 11.0. The van der Waals surface area contributed by atoms with Gasteiger partial charge in [0.15, 0.2) is 0 Å². The smallest absolute Gasteiger partial charge is 0.0240 e. The third-order valence-electron chi connectivity index (χ3n) is 6.68. The Morgan fingerprint density at radius 2 is 1.76 bits per heavy atom. The molecule has 0 bridgehead atoms. The number of nitrogens with zero attached hydrogens (tertiary/aromatic N) is 2. The summed E-state index contributed by atoms with van der Waals surface area (Å²) in [6.07, 6.45) is 6.89. The summed E-state index contributed by atoms with van der Waals surface area (Å²) in [5.74, 6) is 1.00. The summed E-state index contributed by atoms with van der Waals surface area (Å²) in [6, 6.07) is 12.5. The van der Waals surface area contributed by atoms with Crippen LogP contribution in [0.1, 0.15) is 51.5 Å². The second-order valence-electron chi connectivity index (χ2n) is 9.20. The molecular weight excluding hydrogens is 306 g/mol. The number of benzene rings is 1. The van der Waals surface area contributed by atoms with Crippen LogP contribution in [0.15, 0.2) is 30.3 Å². The fourth-order valence-electron chi connectivity index (χ4n) is 4.72. The lowest BCUT2D eigenvalue weighted by Crippen LogP contribution is -2.47. The fourth-order valence-corrected chi connectivity index (χ4v) is 4.72. The minimum atomic E-state index is 0.307. The highest BCUT2D eigenvalue weighted by atomic mass is 15.3. The predicted octanol–water partition coefficient (Wildman–Crippen LogP) is 3.50. The van der Waals surface area contributed by atoms with Gasteiger partial charge in [-0.15, -0.1) is 0 Å². The first kappa shape index (κ1) is 17.5. The Hall–Kier alpha value is -0.900. The number of piperidine rings is 1. The summed E-state index contributed by atoms with van der Waals surface area (Å²) in [4.78, 5) is 5.48. The molecule has 1 N–H and O–H groups in total. The Morgan fingerprint density at radius 3 is 2.44 bits per heavy atom. The van der Waals surface area contributed by atoms with Crippen molar-refractivity contribution in [2.45, 2.75) is 70.1 Å². The molecule has 3 fully saturated rings. The van der Waals surface area contributed by atoms with Crippen LogP contribution in [0, 0.1) is 5.92 Å². The first-order valence-electron chi connectivity index (χ1n) is 10.4. The van der Waals surface area contributed by atoms with Crippen LogP contribution in [0.2, 0.25) is 0 Å². The van der Waals surface area contributed by atoms with Crippen LogP contribution in [0.4, 0.5) is 0 Å². The molecule has 3 aliphatic rings. The van der Waals surface area contributed by atoms with Gasteiger partial charge >= 0.3 is 0 Å². The Morgan fingerprint density at radius 1 is 1.04 bits per heavy atom. The monoisotopic (exact) mass is 341 g/mol. The topological polar surface area (TPSA) is 18.5 Å². The normalized spacial score (nSPS) is 28.5. The third kappa shape index (κ3) is 4.45. The Kier molecular flexibility index (Phi) is 5.17. The van der Waals surface area contributed by atoms with E-state index in [1.807, 2.05) is 0 Å². The number of hydrogen-bond donors (Lipinski definition) is 1. The van der Waals surface area contributed by atoms with Gasteiger partial charge in [0.1, 0.15) is 0 Å². The molecule has 1 saturated carbocycles. The molecular formula is C22H35N3. The number of likely N-dealkylation sites (tertiary alicyclic amines) is 2. The molecule has 138 valence electrons. The highest BCUT2D eigenvalue weighted by Crippen LogP contribution is 2.34. The fraction of sp³-hybridized carbons (Fsp3) is 0.727. The van der Waals surface area contributed by atoms with E-state index in [2.05, 4.69) is 59.3 Å². The summed E-state index contributed by atoms with van der Waals surface area (Å²) >= 11 is 0. The minimum absolute atomic E-state index is 0.307. The van der Waals surface area contributed by atoms with Gasteiger partial charge in [0.05, 0.1) is 0 Å². The largest absolute Gasteiger partial charge is 0.314 e. The van der Waals surface area contributed by atoms with E-state index in [1.165, 1.54) is 63.8 Å². The molecule has 1 unspecified atom stereocenters. The number of hydrogen-bond acceptors (Lipinski definition) is 3. The standard InChI is InChI=1S/C22H35N3/c1-22(2)14-21(17-25(22)16-19-6-4-3-5-7-19)24-12-10-20(11-13-24)23-15-18-8-9-18/h3-7,18,20-21,23H,8-17H2,1-2H3. The lowest BCUT2D eigenvalue weighted by Gasteiger charge is -2.36. The van der Waals surface area contributed by atoms with Crippen LogP contribution in [0.3, 0.4) is 0 Å². The van der Waals surface area contributed by atoms with Gasteiger partial charge in [-0.3, -0.25) is 9.80 Å². The number of rotatable bonds is 6. The van der Waals surface area contributed by atoms with Gasteiger partial charge in [0.2, 0.25) is 0 Å². The maximum Gasteiger partial charge on any atom is 0.0240 e. The lowest BCUT2D eigenvalue weighted by molar-refractivity contribution is 0.140. The van der Waals surface area contributed by atoms with E-state index in [1.54, 1.807) is 0 Å². The van der Waals surface area contributed by atoms with Crippen molar-refractivity contribution in [3.8, 4) is 0 Å². The van der Waals surface area contributed by atoms with Crippen molar-refractivity contribution in [1.82, 2.24) is 15.1 Å². The van der Waals surface area contributed by atoms with Crippen molar-refractivity contribution in [3.63, 3.8) is 0 Å². The van der Waals surface area contributed by atoms with Crippen LogP contribution in [0.5, 0.6) is 0 Å². The van der Waals surface area contributed by atoms with Crippen molar-refractivity contribution < 1.29 is 0 Å². The van der Waals surface area contributed by atoms with E-state index in [0.717, 1.165) is 24.5 Å². The van der Waals surface area contributed by atoms with Gasteiger partial charge < -0.3 is 5.32 Å². The average molecular weight is 342 g/mol. The molecule has 3 nitrogen and oxygen atoms in total. The molecule has 4 rings (SSSR count). The van der Waals surface area contributed by atoms with Gasteiger partial charge in [0.25, 0.3) is 0 Å². The van der Waals surface area contributed by atoms with Crippen molar-refractivity contribution in [3.05, 3.63) is 35.9 Å². The van der Waals surface area contributed by atoms with Gasteiger partial charge in [-0.25, -0.2) is 0 Å². The molecule has 2 aliphatic heterocycles. The van der Waals surface area contributed by atoms with Crippen LogP contribution in [-0.4, -0.2) is 53.6 Å². The maximum absolute atomic E-state index is 3.82. The van der Waals surface area contributed by atoms with Crippen molar-refractivity contribution in [1.29, 1.82) is 0 Å². The zero-order valence-electron chi connectivity index (χ0n) is 16.1. The molecule has 0 spiro atoms. The summed E-state index contributed by atoms with van der Waals surface area (Å²) < 4.78 is 0. The molecule has 1 atom stereocenters. The summed E-state index contributed by atoms with van der Waals surface area (Å²) in [5, 5.41) is 3.82. The molecule has 2 saturated heterocycles. The molecule has 0 amide bonds. The van der Waals surface area contributed by atoms with Gasteiger partial charge in [0, 0.05) is 30.7 Å². The SMILES string of the molecule is CC1(C)CC(N2CCC(NCC3CC3)CC2)CN1Cc1ccccc1. The van der Waals surface area contributed by atoms with E-state index in [4.69, 9.17) is 0 Å². The zero-order valence-corrected chi connectivity index (χ0v) is 16.1. The van der Waals surface area contributed by atoms with Crippen LogP contribution >= 0.6 is 0 Å². The molecule has 2 heterocycles. The van der Waals surface area contributed by atoms with Gasteiger partial charge in [-0.1, -0.05) is 30.3 Å². The van der Waals surface area contributed by atoms with Crippen LogP contribution < -0.4 is 5.32 Å². The van der Waals surface area contributed by atoms with E-state index >= 15 is 0 Å². The van der Waals surface area contributed by atoms with E-state index in [0.29, 0.717) is 5.54 Å². The van der Waals surface area contributed by atoms with Crippen molar-refractivity contribution in [2.24, 2.45) is 5.92 Å². The summed E-state index contributed by atoms with van der Waals surface area (Å²) in [7, 11) is 0. The first-order chi connectivity index (χ1) is 12.1. The van der Waals surface area contributed by atoms with Gasteiger partial charge in [-0.05, 0) is 77.1 Å².